The average molecular weight is 373 g/mol. The summed E-state index contributed by atoms with van der Waals surface area (Å²) in [7, 11) is 1.72. The van der Waals surface area contributed by atoms with Crippen molar-refractivity contribution in [2.45, 2.75) is 44.7 Å². The molecule has 2 amide bonds. The molecule has 0 unspecified atom stereocenters. The monoisotopic (exact) mass is 373 g/mol. The molecule has 0 radical (unpaired) electrons. The Hall–Kier alpha value is -2.41. The minimum absolute atomic E-state index is 0.0265. The number of carboxylic acid groups (broad SMARTS) is 1. The maximum absolute atomic E-state index is 12.7. The Labute approximate surface area is 159 Å². The van der Waals surface area contributed by atoms with E-state index in [0.29, 0.717) is 17.8 Å². The van der Waals surface area contributed by atoms with Gasteiger partial charge in [-0.25, -0.2) is 0 Å². The molecule has 0 bridgehead atoms. The molecule has 7 heteroatoms. The van der Waals surface area contributed by atoms with Crippen LogP contribution in [0.1, 0.15) is 43.0 Å². The third kappa shape index (κ3) is 4.47. The van der Waals surface area contributed by atoms with Gasteiger partial charge in [-0.05, 0) is 44.4 Å². The van der Waals surface area contributed by atoms with Crippen molar-refractivity contribution in [3.63, 3.8) is 0 Å². The smallest absolute Gasteiger partial charge is 0.317 e. The highest BCUT2D eigenvalue weighted by atomic mass is 16.4. The highest BCUT2D eigenvalue weighted by molar-refractivity contribution is 6.05. The molecular weight excluding hydrogens is 346 g/mol. The lowest BCUT2D eigenvalue weighted by Crippen LogP contribution is -2.54. The average Bonchev–Trinajstić information content (AvgIpc) is 3.46. The van der Waals surface area contributed by atoms with E-state index in [9.17, 15) is 14.4 Å². The predicted molar refractivity (Wildman–Crippen MR) is 102 cm³/mol. The second-order valence-corrected chi connectivity index (χ2v) is 7.44. The number of aliphatic carboxylic acids is 1. The summed E-state index contributed by atoms with van der Waals surface area (Å²) >= 11 is 0. The summed E-state index contributed by atoms with van der Waals surface area (Å²) in [4.78, 5) is 39.5. The van der Waals surface area contributed by atoms with Crippen LogP contribution in [0.5, 0.6) is 0 Å². The van der Waals surface area contributed by atoms with Crippen LogP contribution in [0, 0.1) is 5.92 Å². The van der Waals surface area contributed by atoms with Gasteiger partial charge in [-0.3, -0.25) is 19.3 Å². The first kappa shape index (κ1) is 19.4. The van der Waals surface area contributed by atoms with Gasteiger partial charge in [-0.1, -0.05) is 19.1 Å². The van der Waals surface area contributed by atoms with Crippen LogP contribution < -0.4 is 10.2 Å². The summed E-state index contributed by atoms with van der Waals surface area (Å²) in [6, 6.07) is 7.37. The van der Waals surface area contributed by atoms with E-state index in [0.717, 1.165) is 25.7 Å². The number of benzene rings is 1. The number of carbonyl (C=O) groups is 3. The SMILES string of the molecule is CCN(CC(=O)O)C1CC(NC(=O)c2ccccc2N(C)C(=O)C2CC2)C1. The second-order valence-electron chi connectivity index (χ2n) is 7.44. The zero-order valence-electron chi connectivity index (χ0n) is 15.9. The predicted octanol–water partition coefficient (Wildman–Crippen LogP) is 1.73. The van der Waals surface area contributed by atoms with Crippen LogP contribution in [0.2, 0.25) is 0 Å². The molecule has 0 saturated heterocycles. The highest BCUT2D eigenvalue weighted by Gasteiger charge is 2.36. The fourth-order valence-electron chi connectivity index (χ4n) is 3.62. The van der Waals surface area contributed by atoms with E-state index in [1.807, 2.05) is 17.9 Å². The normalized spacial score (nSPS) is 21.4. The molecule has 1 aromatic rings. The zero-order valence-corrected chi connectivity index (χ0v) is 15.9. The Morgan fingerprint density at radius 2 is 1.85 bits per heavy atom. The molecule has 2 fully saturated rings. The first-order valence-electron chi connectivity index (χ1n) is 9.54. The largest absolute Gasteiger partial charge is 0.480 e. The third-order valence-corrected chi connectivity index (χ3v) is 5.48. The maximum atomic E-state index is 12.7. The summed E-state index contributed by atoms with van der Waals surface area (Å²) < 4.78 is 0. The number of anilines is 1. The molecular formula is C20H27N3O4. The van der Waals surface area contributed by atoms with Gasteiger partial charge in [0.25, 0.3) is 5.91 Å². The van der Waals surface area contributed by atoms with Gasteiger partial charge in [0.2, 0.25) is 5.91 Å². The molecule has 2 aliphatic rings. The molecule has 0 atom stereocenters. The quantitative estimate of drug-likeness (QED) is 0.724. The van der Waals surface area contributed by atoms with Crippen molar-refractivity contribution in [3.8, 4) is 0 Å². The summed E-state index contributed by atoms with van der Waals surface area (Å²) in [5.74, 6) is -0.869. The summed E-state index contributed by atoms with van der Waals surface area (Å²) in [6.45, 7) is 2.64. The van der Waals surface area contributed by atoms with Crippen molar-refractivity contribution in [1.82, 2.24) is 10.2 Å². The van der Waals surface area contributed by atoms with E-state index in [4.69, 9.17) is 5.11 Å². The molecule has 0 aromatic heterocycles. The standard InChI is InChI=1S/C20H27N3O4/c1-3-23(12-18(24)25)15-10-14(11-15)21-19(26)16-6-4-5-7-17(16)22(2)20(27)13-8-9-13/h4-7,13-15H,3,8-12H2,1-2H3,(H,21,26)(H,24,25). The molecule has 146 valence electrons. The van der Waals surface area contributed by atoms with E-state index >= 15 is 0 Å². The molecule has 0 heterocycles. The highest BCUT2D eigenvalue weighted by Crippen LogP contribution is 2.33. The van der Waals surface area contributed by atoms with Gasteiger partial charge in [0.1, 0.15) is 0 Å². The molecule has 2 saturated carbocycles. The van der Waals surface area contributed by atoms with Crippen LogP contribution in [0.15, 0.2) is 24.3 Å². The van der Waals surface area contributed by atoms with Crippen molar-refractivity contribution in [3.05, 3.63) is 29.8 Å². The summed E-state index contributed by atoms with van der Waals surface area (Å²) in [6.07, 6.45) is 3.33. The van der Waals surface area contributed by atoms with Crippen LogP contribution in [0.4, 0.5) is 5.69 Å². The van der Waals surface area contributed by atoms with E-state index in [1.54, 1.807) is 30.1 Å². The lowest BCUT2D eigenvalue weighted by atomic mass is 9.85. The number of carbonyl (C=O) groups excluding carboxylic acids is 2. The fraction of sp³-hybridized carbons (Fsp3) is 0.550. The number of amides is 2. The number of hydrogen-bond donors (Lipinski definition) is 2. The van der Waals surface area contributed by atoms with E-state index in [1.165, 1.54) is 0 Å². The van der Waals surface area contributed by atoms with E-state index in [2.05, 4.69) is 5.32 Å². The van der Waals surface area contributed by atoms with Crippen LogP contribution >= 0.6 is 0 Å². The Morgan fingerprint density at radius 3 is 2.44 bits per heavy atom. The van der Waals surface area contributed by atoms with Gasteiger partial charge < -0.3 is 15.3 Å². The summed E-state index contributed by atoms with van der Waals surface area (Å²) in [5, 5.41) is 12.0. The van der Waals surface area contributed by atoms with Gasteiger partial charge in [0.05, 0.1) is 17.8 Å². The molecule has 1 aromatic carbocycles. The van der Waals surface area contributed by atoms with Crippen LogP contribution in [0.3, 0.4) is 0 Å². The Kier molecular flexibility index (Phi) is 5.79. The molecule has 0 spiro atoms. The van der Waals surface area contributed by atoms with E-state index in [-0.39, 0.29) is 36.4 Å². The molecule has 3 rings (SSSR count). The number of likely N-dealkylation sites (N-methyl/N-ethyl adjacent to an activating group) is 1. The van der Waals surface area contributed by atoms with Gasteiger partial charge in [-0.15, -0.1) is 0 Å². The van der Waals surface area contributed by atoms with Gasteiger partial charge in [0.15, 0.2) is 0 Å². The third-order valence-electron chi connectivity index (χ3n) is 5.48. The topological polar surface area (TPSA) is 90.0 Å². The van der Waals surface area contributed by atoms with Crippen molar-refractivity contribution in [1.29, 1.82) is 0 Å². The molecule has 2 N–H and O–H groups in total. The first-order valence-corrected chi connectivity index (χ1v) is 9.54. The number of para-hydroxylation sites is 1. The van der Waals surface area contributed by atoms with Gasteiger partial charge in [0, 0.05) is 25.0 Å². The maximum Gasteiger partial charge on any atom is 0.317 e. The number of nitrogens with one attached hydrogen (secondary N) is 1. The lowest BCUT2D eigenvalue weighted by Gasteiger charge is -2.42. The lowest BCUT2D eigenvalue weighted by molar-refractivity contribution is -0.139. The number of hydrogen-bond acceptors (Lipinski definition) is 4. The number of rotatable bonds is 8. The van der Waals surface area contributed by atoms with Crippen molar-refractivity contribution < 1.29 is 19.5 Å². The van der Waals surface area contributed by atoms with Crippen molar-refractivity contribution in [2.75, 3.05) is 25.0 Å². The van der Waals surface area contributed by atoms with Crippen molar-refractivity contribution >= 4 is 23.5 Å². The Morgan fingerprint density at radius 1 is 1.19 bits per heavy atom. The van der Waals surface area contributed by atoms with Crippen LogP contribution in [0.25, 0.3) is 0 Å². The zero-order chi connectivity index (χ0) is 19.6. The summed E-state index contributed by atoms with van der Waals surface area (Å²) in [5.41, 5.74) is 1.12. The number of carboxylic acids is 1. The molecule has 7 nitrogen and oxygen atoms in total. The van der Waals surface area contributed by atoms with Gasteiger partial charge >= 0.3 is 5.97 Å². The van der Waals surface area contributed by atoms with Gasteiger partial charge in [-0.2, -0.15) is 0 Å². The first-order chi connectivity index (χ1) is 12.9. The van der Waals surface area contributed by atoms with Crippen molar-refractivity contribution in [2.24, 2.45) is 5.92 Å². The fourth-order valence-corrected chi connectivity index (χ4v) is 3.62. The minimum atomic E-state index is -0.832. The second kappa shape index (κ2) is 8.08. The minimum Gasteiger partial charge on any atom is -0.480 e. The van der Waals surface area contributed by atoms with Crippen LogP contribution in [-0.4, -0.2) is 60.0 Å². The molecule has 2 aliphatic carbocycles. The number of nitrogens with zero attached hydrogens (tertiary/aromatic N) is 2. The van der Waals surface area contributed by atoms with Crippen LogP contribution in [-0.2, 0) is 9.59 Å². The molecule has 0 aliphatic heterocycles. The Balaban J connectivity index is 1.59. The van der Waals surface area contributed by atoms with E-state index < -0.39 is 5.97 Å². The molecule has 27 heavy (non-hydrogen) atoms. The Bertz CT molecular complexity index is 726.